The first kappa shape index (κ1) is 18.2. The van der Waals surface area contributed by atoms with Gasteiger partial charge in [0.2, 0.25) is 0 Å². The summed E-state index contributed by atoms with van der Waals surface area (Å²) < 4.78 is 0. The predicted molar refractivity (Wildman–Crippen MR) is 99.4 cm³/mol. The minimum atomic E-state index is 0.711. The molecule has 0 spiro atoms. The van der Waals surface area contributed by atoms with E-state index in [4.69, 9.17) is 4.99 Å². The lowest BCUT2D eigenvalue weighted by molar-refractivity contribution is 0.166. The second-order valence-electron chi connectivity index (χ2n) is 6.18. The Morgan fingerprint density at radius 2 is 2.30 bits per heavy atom. The van der Waals surface area contributed by atoms with E-state index in [0.717, 1.165) is 49.3 Å². The van der Waals surface area contributed by atoms with Gasteiger partial charge >= 0.3 is 0 Å². The summed E-state index contributed by atoms with van der Waals surface area (Å²) in [5, 5.41) is 10.0. The van der Waals surface area contributed by atoms with Crippen molar-refractivity contribution in [3.63, 3.8) is 0 Å². The van der Waals surface area contributed by atoms with E-state index in [1.807, 2.05) is 0 Å². The van der Waals surface area contributed by atoms with E-state index in [-0.39, 0.29) is 0 Å². The summed E-state index contributed by atoms with van der Waals surface area (Å²) in [4.78, 5) is 11.8. The molecular formula is C17H31N5S. The fraction of sp³-hybridized carbons (Fsp3) is 0.765. The van der Waals surface area contributed by atoms with Gasteiger partial charge in [-0.1, -0.05) is 6.42 Å². The molecule has 23 heavy (non-hydrogen) atoms. The highest BCUT2D eigenvalue weighted by Crippen LogP contribution is 2.15. The maximum absolute atomic E-state index is 4.71. The lowest BCUT2D eigenvalue weighted by Crippen LogP contribution is -2.41. The summed E-state index contributed by atoms with van der Waals surface area (Å²) in [7, 11) is 0. The highest BCUT2D eigenvalue weighted by Gasteiger charge is 2.17. The molecule has 0 saturated carbocycles. The Kier molecular flexibility index (Phi) is 7.82. The van der Waals surface area contributed by atoms with Gasteiger partial charge in [-0.25, -0.2) is 4.98 Å². The number of nitrogens with zero attached hydrogens (tertiary/aromatic N) is 3. The number of rotatable bonds is 7. The maximum atomic E-state index is 4.71. The molecule has 1 atom stereocenters. The van der Waals surface area contributed by atoms with E-state index < -0.39 is 0 Å². The third-order valence-corrected chi connectivity index (χ3v) is 5.10. The Morgan fingerprint density at radius 1 is 1.43 bits per heavy atom. The van der Waals surface area contributed by atoms with Gasteiger partial charge in [-0.05, 0) is 40.2 Å². The number of guanidine groups is 1. The van der Waals surface area contributed by atoms with Crippen molar-refractivity contribution in [2.75, 3.05) is 32.7 Å². The number of aryl methyl sites for hydroxylation is 1. The van der Waals surface area contributed by atoms with E-state index >= 15 is 0 Å². The van der Waals surface area contributed by atoms with Crippen molar-refractivity contribution in [3.8, 4) is 0 Å². The van der Waals surface area contributed by atoms with Crippen LogP contribution in [0.25, 0.3) is 0 Å². The van der Waals surface area contributed by atoms with Crippen molar-refractivity contribution in [3.05, 3.63) is 16.1 Å². The van der Waals surface area contributed by atoms with Gasteiger partial charge in [-0.15, -0.1) is 11.3 Å². The number of likely N-dealkylation sites (tertiary alicyclic amines) is 1. The second-order valence-corrected chi connectivity index (χ2v) is 7.24. The molecule has 1 fully saturated rings. The minimum Gasteiger partial charge on any atom is -0.357 e. The van der Waals surface area contributed by atoms with Gasteiger partial charge in [0, 0.05) is 37.5 Å². The molecule has 2 N–H and O–H groups in total. The zero-order valence-corrected chi connectivity index (χ0v) is 15.6. The Bertz CT molecular complexity index is 485. The molecule has 2 heterocycles. The zero-order valence-electron chi connectivity index (χ0n) is 14.8. The van der Waals surface area contributed by atoms with Crippen LogP contribution in [0.2, 0.25) is 0 Å². The smallest absolute Gasteiger partial charge is 0.191 e. The van der Waals surface area contributed by atoms with E-state index in [2.05, 4.69) is 46.7 Å². The zero-order chi connectivity index (χ0) is 16.5. The van der Waals surface area contributed by atoms with E-state index in [9.17, 15) is 0 Å². The summed E-state index contributed by atoms with van der Waals surface area (Å²) in [5.74, 6) is 0.920. The Labute approximate surface area is 144 Å². The monoisotopic (exact) mass is 337 g/mol. The first-order valence-corrected chi connectivity index (χ1v) is 9.74. The molecule has 6 heteroatoms. The largest absolute Gasteiger partial charge is 0.357 e. The molecule has 5 nitrogen and oxygen atoms in total. The molecule has 0 bridgehead atoms. The Balaban J connectivity index is 1.72. The van der Waals surface area contributed by atoms with Gasteiger partial charge < -0.3 is 10.6 Å². The molecule has 2 rings (SSSR count). The van der Waals surface area contributed by atoms with Crippen LogP contribution in [-0.4, -0.2) is 54.6 Å². The number of piperidine rings is 1. The van der Waals surface area contributed by atoms with Gasteiger partial charge in [-0.2, -0.15) is 0 Å². The minimum absolute atomic E-state index is 0.711. The number of aromatic nitrogens is 1. The lowest BCUT2D eigenvalue weighted by atomic mass is 10.0. The SMILES string of the molecule is CCNC(=NCCN1CCCCC1C)NCCc1csc(C)n1. The van der Waals surface area contributed by atoms with Gasteiger partial charge in [0.05, 0.1) is 17.2 Å². The van der Waals surface area contributed by atoms with Crippen molar-refractivity contribution in [2.45, 2.75) is 52.5 Å². The summed E-state index contributed by atoms with van der Waals surface area (Å²) in [6, 6.07) is 0.711. The average molecular weight is 338 g/mol. The Morgan fingerprint density at radius 3 is 3.00 bits per heavy atom. The number of hydrogen-bond acceptors (Lipinski definition) is 4. The van der Waals surface area contributed by atoms with Crippen LogP contribution in [0.3, 0.4) is 0 Å². The molecular weight excluding hydrogens is 306 g/mol. The van der Waals surface area contributed by atoms with Crippen molar-refractivity contribution < 1.29 is 0 Å². The highest BCUT2D eigenvalue weighted by atomic mass is 32.1. The summed E-state index contributed by atoms with van der Waals surface area (Å²) in [5.41, 5.74) is 1.16. The predicted octanol–water partition coefficient (Wildman–Crippen LogP) is 2.42. The normalized spacial score (nSPS) is 19.8. The third kappa shape index (κ3) is 6.47. The fourth-order valence-electron chi connectivity index (χ4n) is 2.95. The molecule has 0 aliphatic carbocycles. The summed E-state index contributed by atoms with van der Waals surface area (Å²) in [6.45, 7) is 11.4. The van der Waals surface area contributed by atoms with Crippen molar-refractivity contribution in [1.82, 2.24) is 20.5 Å². The fourth-order valence-corrected chi connectivity index (χ4v) is 3.60. The summed E-state index contributed by atoms with van der Waals surface area (Å²) in [6.07, 6.45) is 4.98. The molecule has 1 aliphatic rings. The molecule has 1 aliphatic heterocycles. The van der Waals surface area contributed by atoms with E-state index in [1.54, 1.807) is 11.3 Å². The highest BCUT2D eigenvalue weighted by molar-refractivity contribution is 7.09. The van der Waals surface area contributed by atoms with Gasteiger partial charge in [0.25, 0.3) is 0 Å². The molecule has 1 saturated heterocycles. The van der Waals surface area contributed by atoms with E-state index in [0.29, 0.717) is 6.04 Å². The Hall–Kier alpha value is -1.14. The van der Waals surface area contributed by atoms with Gasteiger partial charge in [-0.3, -0.25) is 9.89 Å². The van der Waals surface area contributed by atoms with Crippen LogP contribution in [0, 0.1) is 6.92 Å². The molecule has 0 amide bonds. The molecule has 130 valence electrons. The topological polar surface area (TPSA) is 52.6 Å². The van der Waals surface area contributed by atoms with Gasteiger partial charge in [0.1, 0.15) is 0 Å². The standard InChI is InChI=1S/C17H31N5S/c1-4-18-17(19-9-8-16-13-23-15(3)21-16)20-10-12-22-11-6-5-7-14(22)2/h13-14H,4-12H2,1-3H3,(H2,18,19,20). The van der Waals surface area contributed by atoms with Crippen LogP contribution in [0.5, 0.6) is 0 Å². The van der Waals surface area contributed by atoms with E-state index in [1.165, 1.54) is 25.8 Å². The quantitative estimate of drug-likeness (QED) is 0.593. The number of thiazole rings is 1. The van der Waals surface area contributed by atoms with Crippen LogP contribution in [0.15, 0.2) is 10.4 Å². The first-order valence-electron chi connectivity index (χ1n) is 8.86. The summed E-state index contributed by atoms with van der Waals surface area (Å²) >= 11 is 1.71. The van der Waals surface area contributed by atoms with Crippen molar-refractivity contribution in [1.29, 1.82) is 0 Å². The van der Waals surface area contributed by atoms with Crippen LogP contribution in [-0.2, 0) is 6.42 Å². The second kappa shape index (κ2) is 9.88. The first-order chi connectivity index (χ1) is 11.2. The van der Waals surface area contributed by atoms with Gasteiger partial charge in [0.15, 0.2) is 5.96 Å². The van der Waals surface area contributed by atoms with Crippen LogP contribution in [0.1, 0.15) is 43.8 Å². The van der Waals surface area contributed by atoms with Crippen LogP contribution < -0.4 is 10.6 Å². The molecule has 0 aromatic carbocycles. The number of aliphatic imine (C=N–C) groups is 1. The van der Waals surface area contributed by atoms with Crippen molar-refractivity contribution in [2.24, 2.45) is 4.99 Å². The average Bonchev–Trinajstić information content (AvgIpc) is 2.94. The molecule has 1 aromatic rings. The third-order valence-electron chi connectivity index (χ3n) is 4.28. The van der Waals surface area contributed by atoms with Crippen molar-refractivity contribution >= 4 is 17.3 Å². The van der Waals surface area contributed by atoms with Crippen LogP contribution in [0.4, 0.5) is 0 Å². The number of nitrogens with one attached hydrogen (secondary N) is 2. The van der Waals surface area contributed by atoms with Crippen LogP contribution >= 0.6 is 11.3 Å². The molecule has 1 unspecified atom stereocenters. The maximum Gasteiger partial charge on any atom is 0.191 e. The molecule has 1 aromatic heterocycles. The molecule has 0 radical (unpaired) electrons. The lowest BCUT2D eigenvalue weighted by Gasteiger charge is -2.32. The number of hydrogen-bond donors (Lipinski definition) is 2.